The molecule has 1 aliphatic rings. The van der Waals surface area contributed by atoms with Crippen molar-refractivity contribution >= 4 is 18.2 Å². The monoisotopic (exact) mass is 491 g/mol. The molecule has 0 aromatic heterocycles. The van der Waals surface area contributed by atoms with Gasteiger partial charge in [-0.2, -0.15) is 0 Å². The highest BCUT2D eigenvalue weighted by Crippen LogP contribution is 2.51. The summed E-state index contributed by atoms with van der Waals surface area (Å²) in [5, 5.41) is 0. The van der Waals surface area contributed by atoms with Crippen molar-refractivity contribution in [2.24, 2.45) is 0 Å². The van der Waals surface area contributed by atoms with E-state index in [0.717, 1.165) is 48.3 Å². The fourth-order valence-corrected chi connectivity index (χ4v) is 7.18. The lowest BCUT2D eigenvalue weighted by Crippen LogP contribution is -2.49. The summed E-state index contributed by atoms with van der Waals surface area (Å²) in [6.07, 6.45) is 25.3. The Labute approximate surface area is 204 Å². The van der Waals surface area contributed by atoms with Crippen molar-refractivity contribution < 1.29 is 18.5 Å². The molecule has 1 rings (SSSR count). The molecule has 0 aliphatic carbocycles. The molecule has 0 saturated carbocycles. The van der Waals surface area contributed by atoms with Gasteiger partial charge in [-0.25, -0.2) is 0 Å². The molecule has 4 nitrogen and oxygen atoms in total. The zero-order chi connectivity index (χ0) is 23.4. The molecule has 0 aromatic rings. The molecule has 0 spiro atoms. The highest BCUT2D eigenvalue weighted by Gasteiger charge is 2.24. The van der Waals surface area contributed by atoms with Crippen molar-refractivity contribution in [2.45, 2.75) is 129 Å². The predicted molar refractivity (Wildman–Crippen MR) is 140 cm³/mol. The van der Waals surface area contributed by atoms with Gasteiger partial charge in [-0.3, -0.25) is 4.57 Å². The van der Waals surface area contributed by atoms with Crippen LogP contribution in [-0.2, 0) is 9.09 Å². The molecule has 0 N–H and O–H groups in total. The minimum absolute atomic E-state index is 0.337. The van der Waals surface area contributed by atoms with E-state index in [9.17, 15) is 9.46 Å². The van der Waals surface area contributed by atoms with Crippen molar-refractivity contribution in [1.82, 2.24) is 0 Å². The lowest BCUT2D eigenvalue weighted by molar-refractivity contribution is -0.914. The third kappa shape index (κ3) is 17.9. The van der Waals surface area contributed by atoms with Crippen molar-refractivity contribution in [2.75, 3.05) is 39.0 Å². The second-order valence-electron chi connectivity index (χ2n) is 10.3. The fraction of sp³-hybridized carbons (Fsp3) is 1.00. The van der Waals surface area contributed by atoms with Crippen LogP contribution in [0.15, 0.2) is 0 Å². The van der Waals surface area contributed by atoms with Gasteiger partial charge < -0.3 is 13.9 Å². The van der Waals surface area contributed by atoms with E-state index in [4.69, 9.17) is 4.52 Å². The van der Waals surface area contributed by atoms with Crippen LogP contribution in [0.1, 0.15) is 129 Å². The summed E-state index contributed by atoms with van der Waals surface area (Å²) in [7, 11) is 2.22. The summed E-state index contributed by atoms with van der Waals surface area (Å²) >= 11 is 1.02. The molecule has 32 heavy (non-hydrogen) atoms. The van der Waals surface area contributed by atoms with E-state index in [0.29, 0.717) is 12.4 Å². The van der Waals surface area contributed by atoms with Crippen molar-refractivity contribution in [3.8, 4) is 0 Å². The van der Waals surface area contributed by atoms with Gasteiger partial charge in [-0.1, -0.05) is 115 Å². The third-order valence-corrected chi connectivity index (χ3v) is 10.1. The SMILES string of the molecule is CCCCCCCCCCCCCCCCCCSP(=O)([O-])OCC[N+]1(C)CCCCC1. The molecule has 1 heterocycles. The van der Waals surface area contributed by atoms with Gasteiger partial charge in [-0.05, 0) is 25.7 Å². The number of likely N-dealkylation sites (tertiary alicyclic amines) is 1. The lowest BCUT2D eigenvalue weighted by Gasteiger charge is -2.38. The molecule has 1 fully saturated rings. The number of hydrogen-bond acceptors (Lipinski definition) is 4. The van der Waals surface area contributed by atoms with E-state index in [1.54, 1.807) is 0 Å². The van der Waals surface area contributed by atoms with Crippen LogP contribution in [0.4, 0.5) is 0 Å². The minimum Gasteiger partial charge on any atom is -0.770 e. The fourth-order valence-electron chi connectivity index (χ4n) is 4.74. The standard InChI is InChI=1S/C26H54NO3PS/c1-3-4-5-6-7-8-9-10-11-12-13-14-15-16-17-21-26-32-31(28,29)30-25-24-27(2)22-19-18-20-23-27/h3-26H2,1-2H3. The first-order valence-electron chi connectivity index (χ1n) is 13.9. The van der Waals surface area contributed by atoms with E-state index in [-0.39, 0.29) is 0 Å². The average Bonchev–Trinajstić information content (AvgIpc) is 2.76. The first-order valence-corrected chi connectivity index (χ1v) is 17.0. The van der Waals surface area contributed by atoms with Gasteiger partial charge in [0.05, 0.1) is 20.1 Å². The Morgan fingerprint density at radius 1 is 0.750 bits per heavy atom. The van der Waals surface area contributed by atoms with Crippen LogP contribution in [0.2, 0.25) is 0 Å². The van der Waals surface area contributed by atoms with E-state index < -0.39 is 6.80 Å². The van der Waals surface area contributed by atoms with Gasteiger partial charge in [0.25, 0.3) is 0 Å². The van der Waals surface area contributed by atoms with Crippen molar-refractivity contribution in [3.05, 3.63) is 0 Å². The minimum atomic E-state index is -3.72. The van der Waals surface area contributed by atoms with E-state index in [2.05, 4.69) is 14.0 Å². The molecule has 6 heteroatoms. The summed E-state index contributed by atoms with van der Waals surface area (Å²) in [5.74, 6) is 0.672. The topological polar surface area (TPSA) is 49.4 Å². The normalized spacial score (nSPS) is 18.0. The van der Waals surface area contributed by atoms with E-state index >= 15 is 0 Å². The number of quaternary nitrogens is 1. The predicted octanol–water partition coefficient (Wildman–Crippen LogP) is 8.10. The molecule has 0 amide bonds. The lowest BCUT2D eigenvalue weighted by atomic mass is 10.0. The van der Waals surface area contributed by atoms with E-state index in [1.807, 2.05) is 0 Å². The third-order valence-electron chi connectivity index (χ3n) is 7.02. The number of hydrogen-bond donors (Lipinski definition) is 0. The summed E-state index contributed by atoms with van der Waals surface area (Å²) in [6.45, 7) is 2.01. The van der Waals surface area contributed by atoms with Crippen LogP contribution in [0.25, 0.3) is 0 Å². The van der Waals surface area contributed by atoms with Crippen LogP contribution in [-0.4, -0.2) is 43.5 Å². The van der Waals surface area contributed by atoms with Crippen LogP contribution in [0.5, 0.6) is 0 Å². The Morgan fingerprint density at radius 2 is 1.19 bits per heavy atom. The smallest absolute Gasteiger partial charge is 0.192 e. The van der Waals surface area contributed by atoms with Gasteiger partial charge in [0.1, 0.15) is 13.2 Å². The Bertz CT molecular complexity index is 472. The molecule has 0 bridgehead atoms. The Balaban J connectivity index is 1.82. The summed E-state index contributed by atoms with van der Waals surface area (Å²) in [4.78, 5) is 12.1. The maximum Gasteiger partial charge on any atom is 0.192 e. The van der Waals surface area contributed by atoms with Crippen molar-refractivity contribution in [1.29, 1.82) is 0 Å². The molecule has 0 radical (unpaired) electrons. The van der Waals surface area contributed by atoms with Crippen LogP contribution in [0.3, 0.4) is 0 Å². The van der Waals surface area contributed by atoms with Gasteiger partial charge >= 0.3 is 0 Å². The van der Waals surface area contributed by atoms with Crippen LogP contribution < -0.4 is 4.89 Å². The number of rotatable bonds is 22. The molecule has 0 aromatic carbocycles. The van der Waals surface area contributed by atoms with Crippen molar-refractivity contribution in [3.63, 3.8) is 0 Å². The quantitative estimate of drug-likeness (QED) is 0.0872. The van der Waals surface area contributed by atoms with Gasteiger partial charge in [0, 0.05) is 5.75 Å². The first kappa shape index (κ1) is 30.5. The Morgan fingerprint density at radius 3 is 1.66 bits per heavy atom. The summed E-state index contributed by atoms with van der Waals surface area (Å²) < 4.78 is 18.3. The molecule has 1 unspecified atom stereocenters. The van der Waals surface area contributed by atoms with Crippen LogP contribution in [0, 0.1) is 0 Å². The maximum absolute atomic E-state index is 12.1. The zero-order valence-electron chi connectivity index (χ0n) is 21.5. The number of likely N-dealkylation sites (N-methyl/N-ethyl adjacent to an activating group) is 1. The number of unbranched alkanes of at least 4 members (excludes halogenated alkanes) is 15. The summed E-state index contributed by atoms with van der Waals surface area (Å²) in [5.41, 5.74) is 0. The van der Waals surface area contributed by atoms with Gasteiger partial charge in [0.2, 0.25) is 0 Å². The second kappa shape index (κ2) is 19.7. The Hall–Kier alpha value is 0.460. The maximum atomic E-state index is 12.1. The highest BCUT2D eigenvalue weighted by molar-refractivity contribution is 8.54. The van der Waals surface area contributed by atoms with Crippen LogP contribution >= 0.6 is 18.2 Å². The Kier molecular flexibility index (Phi) is 18.8. The van der Waals surface area contributed by atoms with Gasteiger partial charge in [0.15, 0.2) is 6.80 Å². The number of piperidine rings is 1. The molecular formula is C26H54NO3PS. The zero-order valence-corrected chi connectivity index (χ0v) is 23.2. The van der Waals surface area contributed by atoms with Gasteiger partial charge in [-0.15, -0.1) is 0 Å². The average molecular weight is 492 g/mol. The molecule has 1 atom stereocenters. The second-order valence-corrected chi connectivity index (χ2v) is 14.2. The molecule has 1 saturated heterocycles. The summed E-state index contributed by atoms with van der Waals surface area (Å²) in [6, 6.07) is 0. The molecule has 192 valence electrons. The molecular weight excluding hydrogens is 437 g/mol. The molecule has 1 aliphatic heterocycles. The largest absolute Gasteiger partial charge is 0.770 e. The van der Waals surface area contributed by atoms with E-state index in [1.165, 1.54) is 109 Å². The first-order chi connectivity index (χ1) is 15.5. The number of nitrogens with zero attached hydrogens (tertiary/aromatic N) is 1. The highest BCUT2D eigenvalue weighted by atomic mass is 32.7.